The molecule has 0 spiro atoms. The molecule has 1 fully saturated rings. The maximum Gasteiger partial charge on any atom is 0.398 e. The van der Waals surface area contributed by atoms with Crippen molar-refractivity contribution in [2.24, 2.45) is 0 Å². The SMILES string of the molecule is Cc1cc(F)c(N2CCN(C(=S)C(C)c3ccc(Cl)cc3)CC2)cc1SCC(F)(F)F. The molecule has 0 radical (unpaired) electrons. The molecule has 1 atom stereocenters. The Bertz CT molecular complexity index is 926. The molecule has 2 nitrogen and oxygen atoms in total. The first-order valence-electron chi connectivity index (χ1n) is 9.84. The summed E-state index contributed by atoms with van der Waals surface area (Å²) in [5.74, 6) is -1.37. The Hall–Kier alpha value is -1.51. The molecule has 1 unspecified atom stereocenters. The summed E-state index contributed by atoms with van der Waals surface area (Å²) in [5, 5.41) is 0.670. The monoisotopic (exact) mass is 490 g/mol. The number of rotatable bonds is 5. The lowest BCUT2D eigenvalue weighted by Gasteiger charge is -2.39. The van der Waals surface area contributed by atoms with E-state index in [1.807, 2.05) is 36.1 Å². The van der Waals surface area contributed by atoms with Crippen molar-refractivity contribution < 1.29 is 17.6 Å². The van der Waals surface area contributed by atoms with Crippen molar-refractivity contribution in [2.45, 2.75) is 30.8 Å². The van der Waals surface area contributed by atoms with Crippen molar-refractivity contribution in [1.29, 1.82) is 0 Å². The van der Waals surface area contributed by atoms with Crippen LogP contribution < -0.4 is 4.90 Å². The van der Waals surface area contributed by atoms with Gasteiger partial charge in [-0.3, -0.25) is 0 Å². The van der Waals surface area contributed by atoms with Crippen LogP contribution in [0.1, 0.15) is 24.0 Å². The van der Waals surface area contributed by atoms with Crippen LogP contribution in [0.3, 0.4) is 0 Å². The van der Waals surface area contributed by atoms with Crippen LogP contribution in [0.4, 0.5) is 23.2 Å². The van der Waals surface area contributed by atoms with Crippen LogP contribution >= 0.6 is 35.6 Å². The largest absolute Gasteiger partial charge is 0.398 e. The number of halogens is 5. The van der Waals surface area contributed by atoms with Crippen molar-refractivity contribution in [1.82, 2.24) is 4.90 Å². The van der Waals surface area contributed by atoms with Gasteiger partial charge in [-0.1, -0.05) is 42.9 Å². The Morgan fingerprint density at radius 1 is 1.13 bits per heavy atom. The zero-order valence-electron chi connectivity index (χ0n) is 17.2. The first kappa shape index (κ1) is 24.1. The first-order chi connectivity index (χ1) is 14.5. The smallest absolute Gasteiger partial charge is 0.366 e. The second kappa shape index (κ2) is 9.96. The van der Waals surface area contributed by atoms with Crippen LogP contribution in [0.15, 0.2) is 41.3 Å². The van der Waals surface area contributed by atoms with Gasteiger partial charge in [-0.25, -0.2) is 4.39 Å². The zero-order chi connectivity index (χ0) is 22.8. The molecule has 1 aliphatic heterocycles. The highest BCUT2D eigenvalue weighted by Gasteiger charge is 2.29. The zero-order valence-corrected chi connectivity index (χ0v) is 19.6. The number of thioether (sulfide) groups is 1. The molecule has 168 valence electrons. The Kier molecular flexibility index (Phi) is 7.76. The van der Waals surface area contributed by atoms with Gasteiger partial charge in [0, 0.05) is 42.0 Å². The summed E-state index contributed by atoms with van der Waals surface area (Å²) in [6.45, 7) is 5.99. The first-order valence-corrected chi connectivity index (χ1v) is 11.6. The summed E-state index contributed by atoms with van der Waals surface area (Å²) in [4.78, 5) is 5.24. The van der Waals surface area contributed by atoms with E-state index >= 15 is 0 Å². The van der Waals surface area contributed by atoms with Gasteiger partial charge < -0.3 is 9.80 Å². The van der Waals surface area contributed by atoms with E-state index in [2.05, 4.69) is 4.90 Å². The van der Waals surface area contributed by atoms with Crippen molar-refractivity contribution in [3.63, 3.8) is 0 Å². The quantitative estimate of drug-likeness (QED) is 0.261. The van der Waals surface area contributed by atoms with Crippen molar-refractivity contribution in [3.8, 4) is 0 Å². The molecule has 0 N–H and O–H groups in total. The number of benzene rings is 2. The van der Waals surface area contributed by atoms with E-state index in [4.69, 9.17) is 23.8 Å². The van der Waals surface area contributed by atoms with Gasteiger partial charge in [-0.2, -0.15) is 13.2 Å². The third-order valence-electron chi connectivity index (χ3n) is 5.31. The Morgan fingerprint density at radius 2 is 1.74 bits per heavy atom. The molecule has 0 saturated carbocycles. The lowest BCUT2D eigenvalue weighted by Crippen LogP contribution is -2.49. The van der Waals surface area contributed by atoms with E-state index in [1.54, 1.807) is 6.92 Å². The van der Waals surface area contributed by atoms with Crippen LogP contribution in [0.25, 0.3) is 0 Å². The van der Waals surface area contributed by atoms with Crippen LogP contribution in [0, 0.1) is 12.7 Å². The standard InChI is InChI=1S/C22H23ClF4N2S2/c1-14-11-18(24)19(12-20(14)31-13-22(25,26)27)28-7-9-29(10-8-28)21(30)15(2)16-3-5-17(23)6-4-16/h3-6,11-12,15H,7-10,13H2,1-2H3. The third kappa shape index (κ3) is 6.26. The number of thiocarbonyl (C=S) groups is 1. The van der Waals surface area contributed by atoms with Gasteiger partial charge in [0.2, 0.25) is 0 Å². The van der Waals surface area contributed by atoms with Gasteiger partial charge in [0.05, 0.1) is 16.4 Å². The topological polar surface area (TPSA) is 6.48 Å². The van der Waals surface area contributed by atoms with E-state index in [0.717, 1.165) is 10.6 Å². The average Bonchev–Trinajstić information content (AvgIpc) is 2.72. The Labute approximate surface area is 194 Å². The normalized spacial score (nSPS) is 15.8. The van der Waals surface area contributed by atoms with Crippen LogP contribution in [-0.4, -0.2) is 48.0 Å². The predicted octanol–water partition coefficient (Wildman–Crippen LogP) is 6.70. The molecule has 1 saturated heterocycles. The van der Waals surface area contributed by atoms with Crippen molar-refractivity contribution >= 4 is 46.3 Å². The van der Waals surface area contributed by atoms with E-state index in [9.17, 15) is 17.6 Å². The van der Waals surface area contributed by atoms with Gasteiger partial charge in [-0.15, -0.1) is 11.8 Å². The molecule has 2 aromatic carbocycles. The highest BCUT2D eigenvalue weighted by atomic mass is 35.5. The summed E-state index contributed by atoms with van der Waals surface area (Å²) in [6.07, 6.45) is -4.27. The lowest BCUT2D eigenvalue weighted by atomic mass is 10.00. The fraction of sp³-hybridized carbons (Fsp3) is 0.409. The summed E-state index contributed by atoms with van der Waals surface area (Å²) >= 11 is 12.3. The number of piperazine rings is 1. The molecule has 9 heteroatoms. The summed E-state index contributed by atoms with van der Waals surface area (Å²) in [6, 6.07) is 10.4. The van der Waals surface area contributed by atoms with Crippen molar-refractivity contribution in [2.75, 3.05) is 36.8 Å². The second-order valence-electron chi connectivity index (χ2n) is 7.56. The predicted molar refractivity (Wildman–Crippen MR) is 124 cm³/mol. The maximum atomic E-state index is 14.6. The molecule has 1 heterocycles. The molecule has 0 bridgehead atoms. The molecule has 0 amide bonds. The Morgan fingerprint density at radius 3 is 2.32 bits per heavy atom. The van der Waals surface area contributed by atoms with Crippen LogP contribution in [0.2, 0.25) is 5.02 Å². The molecule has 0 aliphatic carbocycles. The van der Waals surface area contributed by atoms with E-state index < -0.39 is 17.7 Å². The fourth-order valence-corrected chi connectivity index (χ4v) is 4.78. The van der Waals surface area contributed by atoms with Gasteiger partial charge in [0.15, 0.2) is 0 Å². The minimum Gasteiger partial charge on any atom is -0.366 e. The second-order valence-corrected chi connectivity index (χ2v) is 9.43. The van der Waals surface area contributed by atoms with E-state index in [-0.39, 0.29) is 5.92 Å². The van der Waals surface area contributed by atoms with Gasteiger partial charge in [-0.05, 0) is 42.3 Å². The van der Waals surface area contributed by atoms with E-state index in [1.165, 1.54) is 12.1 Å². The number of anilines is 1. The molecule has 0 aromatic heterocycles. The summed E-state index contributed by atoms with van der Waals surface area (Å²) in [7, 11) is 0. The maximum absolute atomic E-state index is 14.6. The minimum absolute atomic E-state index is 0.0419. The molecule has 1 aliphatic rings. The molecule has 31 heavy (non-hydrogen) atoms. The van der Waals surface area contributed by atoms with Crippen LogP contribution in [0.5, 0.6) is 0 Å². The number of hydrogen-bond acceptors (Lipinski definition) is 3. The van der Waals surface area contributed by atoms with E-state index in [0.29, 0.717) is 59.1 Å². The lowest BCUT2D eigenvalue weighted by molar-refractivity contribution is -0.105. The third-order valence-corrected chi connectivity index (χ3v) is 7.39. The highest BCUT2D eigenvalue weighted by molar-refractivity contribution is 7.99. The molecule has 2 aromatic rings. The minimum atomic E-state index is -4.27. The number of hydrogen-bond donors (Lipinski definition) is 0. The number of nitrogens with zero attached hydrogens (tertiary/aromatic N) is 2. The van der Waals surface area contributed by atoms with Gasteiger partial charge >= 0.3 is 6.18 Å². The van der Waals surface area contributed by atoms with Gasteiger partial charge in [0.1, 0.15) is 5.82 Å². The summed E-state index contributed by atoms with van der Waals surface area (Å²) < 4.78 is 52.4. The van der Waals surface area contributed by atoms with Crippen molar-refractivity contribution in [3.05, 3.63) is 58.4 Å². The number of aryl methyl sites for hydroxylation is 1. The Balaban J connectivity index is 1.66. The molecule has 3 rings (SSSR count). The van der Waals surface area contributed by atoms with Gasteiger partial charge in [0.25, 0.3) is 0 Å². The highest BCUT2D eigenvalue weighted by Crippen LogP contribution is 2.34. The molecular weight excluding hydrogens is 468 g/mol. The average molecular weight is 491 g/mol. The summed E-state index contributed by atoms with van der Waals surface area (Å²) in [5.41, 5.74) is 1.92. The molecular formula is C22H23ClF4N2S2. The fourth-order valence-electron chi connectivity index (χ4n) is 3.54. The number of alkyl halides is 3. The van der Waals surface area contributed by atoms with Crippen LogP contribution in [-0.2, 0) is 0 Å².